The lowest BCUT2D eigenvalue weighted by Crippen LogP contribution is -2.61. The Balaban J connectivity index is 2.91. The molecule has 11 nitrogen and oxygen atoms in total. The topological polar surface area (TPSA) is 197 Å². The van der Waals surface area contributed by atoms with Gasteiger partial charge in [0, 0.05) is 0 Å². The molecule has 8 N–H and O–H groups in total. The first-order valence-corrected chi connectivity index (χ1v) is 6.84. The highest BCUT2D eigenvalue weighted by molar-refractivity contribution is 5.56. The second-order valence-corrected chi connectivity index (χ2v) is 5.17. The third-order valence-electron chi connectivity index (χ3n) is 3.53. The van der Waals surface area contributed by atoms with Crippen molar-refractivity contribution >= 4 is 6.29 Å². The zero-order valence-electron chi connectivity index (χ0n) is 12.0. The zero-order valence-corrected chi connectivity index (χ0v) is 12.0. The van der Waals surface area contributed by atoms with E-state index >= 15 is 0 Å². The molecule has 23 heavy (non-hydrogen) atoms. The van der Waals surface area contributed by atoms with Crippen LogP contribution in [0.3, 0.4) is 0 Å². The summed E-state index contributed by atoms with van der Waals surface area (Å²) in [5.74, 6) is 0. The summed E-state index contributed by atoms with van der Waals surface area (Å²) >= 11 is 0. The van der Waals surface area contributed by atoms with Gasteiger partial charge in [-0.2, -0.15) is 0 Å². The molecule has 0 aliphatic carbocycles. The monoisotopic (exact) mass is 342 g/mol. The number of ether oxygens (including phenoxy) is 2. The van der Waals surface area contributed by atoms with Gasteiger partial charge in [-0.05, 0) is 0 Å². The molecule has 0 saturated carbocycles. The fraction of sp³-hybridized carbons (Fsp3) is 0.917. The second kappa shape index (κ2) is 8.94. The quantitative estimate of drug-likeness (QED) is 0.196. The molecule has 1 aliphatic heterocycles. The van der Waals surface area contributed by atoms with Crippen LogP contribution in [0.5, 0.6) is 0 Å². The van der Waals surface area contributed by atoms with Crippen LogP contribution in [0.4, 0.5) is 0 Å². The standard InChI is InChI=1S/C12H22O11/c13-1-4(16)7(18)11(5(17)2-14)23-12-10(21)9(20)8(19)6(3-15)22-12/h1,4-12,14-21H,2-3H2/t4-,5+,6+,7-,8+,9-,10+,11+,12-/m0/s1. The molecule has 0 aromatic rings. The summed E-state index contributed by atoms with van der Waals surface area (Å²) in [5, 5.41) is 75.7. The molecular formula is C12H22O11. The first-order chi connectivity index (χ1) is 10.8. The molecule has 0 unspecified atom stereocenters. The van der Waals surface area contributed by atoms with E-state index in [4.69, 9.17) is 19.7 Å². The molecule has 11 heteroatoms. The first-order valence-electron chi connectivity index (χ1n) is 6.84. The smallest absolute Gasteiger partial charge is 0.187 e. The van der Waals surface area contributed by atoms with Crippen molar-refractivity contribution < 1.29 is 55.1 Å². The van der Waals surface area contributed by atoms with Crippen LogP contribution in [0, 0.1) is 0 Å². The number of carbonyl (C=O) groups is 1. The maximum Gasteiger partial charge on any atom is 0.187 e. The van der Waals surface area contributed by atoms with Crippen molar-refractivity contribution in [2.75, 3.05) is 13.2 Å². The molecule has 136 valence electrons. The Morgan fingerprint density at radius 3 is 2.13 bits per heavy atom. The van der Waals surface area contributed by atoms with E-state index in [1.165, 1.54) is 0 Å². The highest BCUT2D eigenvalue weighted by atomic mass is 16.7. The minimum Gasteiger partial charge on any atom is -0.394 e. The van der Waals surface area contributed by atoms with Gasteiger partial charge in [0.25, 0.3) is 0 Å². The Hall–Kier alpha value is -0.730. The fourth-order valence-electron chi connectivity index (χ4n) is 2.11. The van der Waals surface area contributed by atoms with Gasteiger partial charge in [-0.3, -0.25) is 0 Å². The number of hydrogen-bond donors (Lipinski definition) is 8. The lowest BCUT2D eigenvalue weighted by atomic mass is 9.98. The van der Waals surface area contributed by atoms with E-state index in [9.17, 15) is 35.4 Å². The predicted molar refractivity (Wildman–Crippen MR) is 69.8 cm³/mol. The van der Waals surface area contributed by atoms with E-state index in [0.717, 1.165) is 0 Å². The number of rotatable bonds is 8. The van der Waals surface area contributed by atoms with Crippen LogP contribution in [0.2, 0.25) is 0 Å². The summed E-state index contributed by atoms with van der Waals surface area (Å²) in [5.41, 5.74) is 0. The zero-order chi connectivity index (χ0) is 17.7. The van der Waals surface area contributed by atoms with Crippen molar-refractivity contribution in [3.05, 3.63) is 0 Å². The number of aliphatic hydroxyl groups is 8. The fourth-order valence-corrected chi connectivity index (χ4v) is 2.11. The average molecular weight is 342 g/mol. The summed E-state index contributed by atoms with van der Waals surface area (Å²) < 4.78 is 10.1. The van der Waals surface area contributed by atoms with E-state index in [1.54, 1.807) is 0 Å². The molecule has 0 aromatic carbocycles. The Labute approximate surface area is 130 Å². The van der Waals surface area contributed by atoms with Gasteiger partial charge in [0.2, 0.25) is 0 Å². The van der Waals surface area contributed by atoms with Crippen molar-refractivity contribution in [2.45, 2.75) is 55.1 Å². The molecule has 0 radical (unpaired) electrons. The molecule has 1 heterocycles. The van der Waals surface area contributed by atoms with Crippen molar-refractivity contribution in [3.8, 4) is 0 Å². The van der Waals surface area contributed by atoms with E-state index in [0.29, 0.717) is 0 Å². The molecule has 0 bridgehead atoms. The minimum atomic E-state index is -1.97. The van der Waals surface area contributed by atoms with E-state index < -0.39 is 68.3 Å². The number of aliphatic hydroxyl groups excluding tert-OH is 8. The Kier molecular flexibility index (Phi) is 7.89. The normalized spacial score (nSPS) is 37.0. The van der Waals surface area contributed by atoms with E-state index in [1.807, 2.05) is 0 Å². The van der Waals surface area contributed by atoms with Crippen LogP contribution < -0.4 is 0 Å². The third-order valence-corrected chi connectivity index (χ3v) is 3.53. The summed E-state index contributed by atoms with van der Waals surface area (Å²) in [6.07, 6.45) is -15.7. The van der Waals surface area contributed by atoms with Gasteiger partial charge >= 0.3 is 0 Å². The van der Waals surface area contributed by atoms with Gasteiger partial charge in [-0.1, -0.05) is 0 Å². The number of carbonyl (C=O) groups excluding carboxylic acids is 1. The molecule has 1 saturated heterocycles. The molecule has 1 rings (SSSR count). The van der Waals surface area contributed by atoms with Crippen molar-refractivity contribution in [1.29, 1.82) is 0 Å². The van der Waals surface area contributed by atoms with Gasteiger partial charge < -0.3 is 55.1 Å². The van der Waals surface area contributed by atoms with Crippen LogP contribution >= 0.6 is 0 Å². The summed E-state index contributed by atoms with van der Waals surface area (Å²) in [6.45, 7) is -1.64. The lowest BCUT2D eigenvalue weighted by Gasteiger charge is -2.42. The molecule has 0 spiro atoms. The van der Waals surface area contributed by atoms with Crippen molar-refractivity contribution in [2.24, 2.45) is 0 Å². The largest absolute Gasteiger partial charge is 0.394 e. The van der Waals surface area contributed by atoms with Gasteiger partial charge in [0.1, 0.15) is 48.8 Å². The molecular weight excluding hydrogens is 320 g/mol. The molecule has 0 aromatic heterocycles. The van der Waals surface area contributed by atoms with Crippen LogP contribution in [0.1, 0.15) is 0 Å². The summed E-state index contributed by atoms with van der Waals surface area (Å²) in [6, 6.07) is 0. The van der Waals surface area contributed by atoms with Crippen molar-refractivity contribution in [1.82, 2.24) is 0 Å². The minimum absolute atomic E-state index is 0.0294. The van der Waals surface area contributed by atoms with Gasteiger partial charge in [-0.25, -0.2) is 0 Å². The maximum absolute atomic E-state index is 10.5. The lowest BCUT2D eigenvalue weighted by molar-refractivity contribution is -0.326. The van der Waals surface area contributed by atoms with Crippen LogP contribution in [-0.2, 0) is 14.3 Å². The first kappa shape index (κ1) is 20.3. The Morgan fingerprint density at radius 2 is 1.65 bits per heavy atom. The van der Waals surface area contributed by atoms with Gasteiger partial charge in [-0.15, -0.1) is 0 Å². The van der Waals surface area contributed by atoms with E-state index in [2.05, 4.69) is 0 Å². The Morgan fingerprint density at radius 1 is 1.04 bits per heavy atom. The third kappa shape index (κ3) is 4.64. The van der Waals surface area contributed by atoms with Crippen LogP contribution in [0.15, 0.2) is 0 Å². The summed E-state index contributed by atoms with van der Waals surface area (Å²) in [4.78, 5) is 10.5. The highest BCUT2D eigenvalue weighted by Crippen LogP contribution is 2.24. The van der Waals surface area contributed by atoms with Crippen LogP contribution in [-0.4, -0.2) is 115 Å². The SMILES string of the molecule is O=C[C@H](O)[C@H](O)[C@H](O[C@@H]1O[C@H](CO)[C@@H](O)[C@H](O)[C@H]1O)[C@H](O)CO. The van der Waals surface area contributed by atoms with E-state index in [-0.39, 0.29) is 6.29 Å². The second-order valence-electron chi connectivity index (χ2n) is 5.17. The van der Waals surface area contributed by atoms with Crippen LogP contribution in [0.25, 0.3) is 0 Å². The summed E-state index contributed by atoms with van der Waals surface area (Å²) in [7, 11) is 0. The molecule has 1 aliphatic rings. The number of aldehydes is 1. The molecule has 0 amide bonds. The predicted octanol–water partition coefficient (Wildman–Crippen LogP) is -5.55. The average Bonchev–Trinajstić information content (AvgIpc) is 2.57. The van der Waals surface area contributed by atoms with Gasteiger partial charge in [0.05, 0.1) is 13.2 Å². The maximum atomic E-state index is 10.5. The van der Waals surface area contributed by atoms with Gasteiger partial charge in [0.15, 0.2) is 12.6 Å². The van der Waals surface area contributed by atoms with Crippen molar-refractivity contribution in [3.63, 3.8) is 0 Å². The molecule has 1 fully saturated rings. The highest BCUT2D eigenvalue weighted by Gasteiger charge is 2.46. The molecule has 9 atom stereocenters. The number of hydrogen-bond acceptors (Lipinski definition) is 11. The Bertz CT molecular complexity index is 365.